The highest BCUT2D eigenvalue weighted by Gasteiger charge is 2.08. The highest BCUT2D eigenvalue weighted by Crippen LogP contribution is 2.20. The van der Waals surface area contributed by atoms with Gasteiger partial charge in [-0.15, -0.1) is 0 Å². The zero-order valence-corrected chi connectivity index (χ0v) is 12.7. The van der Waals surface area contributed by atoms with E-state index in [2.05, 4.69) is 30.9 Å². The van der Waals surface area contributed by atoms with E-state index in [4.69, 9.17) is 4.74 Å². The first-order valence-electron chi connectivity index (χ1n) is 6.26. The van der Waals surface area contributed by atoms with Gasteiger partial charge in [-0.05, 0) is 41.9 Å². The second-order valence-electron chi connectivity index (χ2n) is 4.63. The minimum Gasteiger partial charge on any atom is -0.474 e. The standard InChI is InChI=1S/C14H13BrN4O/c1-9(2)20-14-8-19-7-11(18-13(19)6-16-14)10-4-3-5-12(15)17-10/h3-9H,1-2H3. The maximum atomic E-state index is 5.57. The van der Waals surface area contributed by atoms with Gasteiger partial charge in [-0.1, -0.05) is 6.07 Å². The zero-order chi connectivity index (χ0) is 14.1. The molecule has 3 rings (SSSR count). The van der Waals surface area contributed by atoms with Crippen LogP contribution in [0.1, 0.15) is 13.8 Å². The van der Waals surface area contributed by atoms with Crippen LogP contribution >= 0.6 is 15.9 Å². The normalized spacial score (nSPS) is 11.2. The number of hydrogen-bond donors (Lipinski definition) is 0. The molecule has 0 spiro atoms. The quantitative estimate of drug-likeness (QED) is 0.690. The van der Waals surface area contributed by atoms with Crippen LogP contribution in [0.2, 0.25) is 0 Å². The molecule has 0 aromatic carbocycles. The summed E-state index contributed by atoms with van der Waals surface area (Å²) in [6.07, 6.45) is 5.52. The molecule has 5 nitrogen and oxygen atoms in total. The van der Waals surface area contributed by atoms with Gasteiger partial charge in [-0.3, -0.25) is 4.40 Å². The van der Waals surface area contributed by atoms with Gasteiger partial charge >= 0.3 is 0 Å². The minimum atomic E-state index is 0.0923. The highest BCUT2D eigenvalue weighted by molar-refractivity contribution is 9.10. The third-order valence-corrected chi connectivity index (χ3v) is 3.09. The van der Waals surface area contributed by atoms with Gasteiger partial charge in [-0.25, -0.2) is 15.0 Å². The van der Waals surface area contributed by atoms with Crippen LogP contribution in [-0.2, 0) is 0 Å². The van der Waals surface area contributed by atoms with Crippen molar-refractivity contribution in [3.63, 3.8) is 0 Å². The lowest BCUT2D eigenvalue weighted by Crippen LogP contribution is -2.07. The molecule has 0 saturated heterocycles. The third-order valence-electron chi connectivity index (χ3n) is 2.65. The summed E-state index contributed by atoms with van der Waals surface area (Å²) in [4.78, 5) is 13.1. The molecule has 0 aliphatic heterocycles. The molecule has 0 fully saturated rings. The van der Waals surface area contributed by atoms with Crippen LogP contribution < -0.4 is 4.74 Å². The molecule has 0 atom stereocenters. The lowest BCUT2D eigenvalue weighted by atomic mass is 10.3. The molecular formula is C14H13BrN4O. The van der Waals surface area contributed by atoms with E-state index in [9.17, 15) is 0 Å². The van der Waals surface area contributed by atoms with E-state index in [1.807, 2.05) is 48.8 Å². The van der Waals surface area contributed by atoms with Gasteiger partial charge in [-0.2, -0.15) is 0 Å². The Bertz CT molecular complexity index is 754. The Labute approximate surface area is 124 Å². The van der Waals surface area contributed by atoms with Gasteiger partial charge in [0.05, 0.1) is 24.2 Å². The van der Waals surface area contributed by atoms with E-state index >= 15 is 0 Å². The Hall–Kier alpha value is -1.95. The lowest BCUT2D eigenvalue weighted by molar-refractivity contribution is 0.231. The molecule has 0 aliphatic rings. The second kappa shape index (κ2) is 5.20. The van der Waals surface area contributed by atoms with Crippen molar-refractivity contribution in [1.82, 2.24) is 19.4 Å². The van der Waals surface area contributed by atoms with Gasteiger partial charge in [0.25, 0.3) is 0 Å². The van der Waals surface area contributed by atoms with E-state index in [1.165, 1.54) is 0 Å². The van der Waals surface area contributed by atoms with Gasteiger partial charge in [0.15, 0.2) is 5.65 Å². The fourth-order valence-electron chi connectivity index (χ4n) is 1.86. The molecule has 0 radical (unpaired) electrons. The number of halogens is 1. The van der Waals surface area contributed by atoms with E-state index in [0.717, 1.165) is 21.6 Å². The van der Waals surface area contributed by atoms with Crippen molar-refractivity contribution in [3.05, 3.63) is 41.4 Å². The number of aromatic nitrogens is 4. The molecule has 3 heterocycles. The molecule has 0 bridgehead atoms. The van der Waals surface area contributed by atoms with Crippen LogP contribution in [-0.4, -0.2) is 25.5 Å². The predicted molar refractivity (Wildman–Crippen MR) is 79.7 cm³/mol. The first kappa shape index (κ1) is 13.1. The average molecular weight is 333 g/mol. The number of rotatable bonds is 3. The molecule has 3 aromatic heterocycles. The molecule has 20 heavy (non-hydrogen) atoms. The van der Waals surface area contributed by atoms with Crippen LogP contribution in [0.5, 0.6) is 5.88 Å². The monoisotopic (exact) mass is 332 g/mol. The van der Waals surface area contributed by atoms with Crippen molar-refractivity contribution < 1.29 is 4.74 Å². The molecule has 102 valence electrons. The summed E-state index contributed by atoms with van der Waals surface area (Å²) >= 11 is 3.36. The van der Waals surface area contributed by atoms with Crippen molar-refractivity contribution in [3.8, 4) is 17.3 Å². The number of nitrogens with zero attached hydrogens (tertiary/aromatic N) is 4. The van der Waals surface area contributed by atoms with Gasteiger partial charge in [0.1, 0.15) is 10.3 Å². The Morgan fingerprint density at radius 2 is 2.00 bits per heavy atom. The van der Waals surface area contributed by atoms with E-state index in [0.29, 0.717) is 5.88 Å². The molecule has 0 unspecified atom stereocenters. The number of pyridine rings is 1. The molecule has 0 N–H and O–H groups in total. The van der Waals surface area contributed by atoms with E-state index < -0.39 is 0 Å². The average Bonchev–Trinajstić information content (AvgIpc) is 2.81. The van der Waals surface area contributed by atoms with E-state index in [-0.39, 0.29) is 6.10 Å². The molecule has 0 aliphatic carbocycles. The smallest absolute Gasteiger partial charge is 0.230 e. The Morgan fingerprint density at radius 3 is 2.75 bits per heavy atom. The van der Waals surface area contributed by atoms with Crippen molar-refractivity contribution in [2.24, 2.45) is 0 Å². The van der Waals surface area contributed by atoms with Crippen LogP contribution in [0, 0.1) is 0 Å². The zero-order valence-electron chi connectivity index (χ0n) is 11.1. The molecule has 0 saturated carbocycles. The Balaban J connectivity index is 2.02. The molecule has 0 amide bonds. The van der Waals surface area contributed by atoms with E-state index in [1.54, 1.807) is 6.20 Å². The number of ether oxygens (including phenoxy) is 1. The van der Waals surface area contributed by atoms with Gasteiger partial charge in [0.2, 0.25) is 5.88 Å². The van der Waals surface area contributed by atoms with Crippen LogP contribution in [0.3, 0.4) is 0 Å². The summed E-state index contributed by atoms with van der Waals surface area (Å²) in [6, 6.07) is 5.74. The van der Waals surface area contributed by atoms with Crippen molar-refractivity contribution in [2.45, 2.75) is 20.0 Å². The van der Waals surface area contributed by atoms with Crippen molar-refractivity contribution >= 4 is 21.6 Å². The summed E-state index contributed by atoms with van der Waals surface area (Å²) < 4.78 is 8.25. The van der Waals surface area contributed by atoms with Crippen LogP contribution in [0.4, 0.5) is 0 Å². The number of imidazole rings is 1. The first-order valence-corrected chi connectivity index (χ1v) is 7.05. The highest BCUT2D eigenvalue weighted by atomic mass is 79.9. The fourth-order valence-corrected chi connectivity index (χ4v) is 2.20. The summed E-state index contributed by atoms with van der Waals surface area (Å²) in [5.41, 5.74) is 2.38. The van der Waals surface area contributed by atoms with Crippen molar-refractivity contribution in [1.29, 1.82) is 0 Å². The van der Waals surface area contributed by atoms with Crippen molar-refractivity contribution in [2.75, 3.05) is 0 Å². The largest absolute Gasteiger partial charge is 0.474 e. The topological polar surface area (TPSA) is 52.3 Å². The molecular weight excluding hydrogens is 320 g/mol. The van der Waals surface area contributed by atoms with Gasteiger partial charge < -0.3 is 4.74 Å². The second-order valence-corrected chi connectivity index (χ2v) is 5.44. The Morgan fingerprint density at radius 1 is 1.15 bits per heavy atom. The summed E-state index contributed by atoms with van der Waals surface area (Å²) in [7, 11) is 0. The fraction of sp³-hybridized carbons (Fsp3) is 0.214. The Kier molecular flexibility index (Phi) is 3.40. The minimum absolute atomic E-state index is 0.0923. The molecule has 6 heteroatoms. The third kappa shape index (κ3) is 2.65. The number of fused-ring (bicyclic) bond motifs is 1. The van der Waals surface area contributed by atoms with Gasteiger partial charge in [0, 0.05) is 6.20 Å². The number of hydrogen-bond acceptors (Lipinski definition) is 4. The molecule has 3 aromatic rings. The maximum Gasteiger partial charge on any atom is 0.230 e. The lowest BCUT2D eigenvalue weighted by Gasteiger charge is -2.07. The summed E-state index contributed by atoms with van der Waals surface area (Å²) in [5.74, 6) is 0.582. The SMILES string of the molecule is CC(C)Oc1cn2cc(-c3cccc(Br)n3)nc2cn1. The predicted octanol–water partition coefficient (Wildman–Crippen LogP) is 3.34. The van der Waals surface area contributed by atoms with Crippen LogP contribution in [0.25, 0.3) is 17.0 Å². The summed E-state index contributed by atoms with van der Waals surface area (Å²) in [5, 5.41) is 0. The summed E-state index contributed by atoms with van der Waals surface area (Å²) in [6.45, 7) is 3.94. The first-order chi connectivity index (χ1) is 9.61. The maximum absolute atomic E-state index is 5.57. The van der Waals surface area contributed by atoms with Crippen LogP contribution in [0.15, 0.2) is 41.4 Å².